The van der Waals surface area contributed by atoms with E-state index < -0.39 is 19.1 Å². The van der Waals surface area contributed by atoms with E-state index in [9.17, 15) is 23.4 Å². The average Bonchev–Trinajstić information content (AvgIpc) is 2.75. The second-order valence-corrected chi connectivity index (χ2v) is 7.51. The number of aliphatic hydroxyl groups is 2. The van der Waals surface area contributed by atoms with Gasteiger partial charge in [-0.05, 0) is 48.1 Å². The average molecular weight is 436 g/mol. The van der Waals surface area contributed by atoms with Crippen LogP contribution >= 0.6 is 0 Å². The highest BCUT2D eigenvalue weighted by Gasteiger charge is 2.31. The van der Waals surface area contributed by atoms with Gasteiger partial charge in [0.05, 0.1) is 24.5 Å². The molecule has 3 rings (SSSR count). The summed E-state index contributed by atoms with van der Waals surface area (Å²) in [5.41, 5.74) is 4.23. The molecule has 5 nitrogen and oxygen atoms in total. The summed E-state index contributed by atoms with van der Waals surface area (Å²) in [5, 5.41) is 23.6. The van der Waals surface area contributed by atoms with Crippen LogP contribution in [0.4, 0.5) is 24.5 Å². The zero-order valence-electron chi connectivity index (χ0n) is 17.5. The fourth-order valence-electron chi connectivity index (χ4n) is 4.07. The first kappa shape index (κ1) is 23.1. The minimum absolute atomic E-state index is 0.148. The molecule has 0 saturated heterocycles. The monoisotopic (exact) mass is 436 g/mol. The number of aliphatic imine (C=N–C) groups is 1. The Bertz CT molecular complexity index is 927. The van der Waals surface area contributed by atoms with Crippen molar-refractivity contribution in [3.05, 3.63) is 41.5 Å². The van der Waals surface area contributed by atoms with Crippen LogP contribution in [-0.4, -0.2) is 35.9 Å². The second kappa shape index (κ2) is 9.70. The number of halogens is 3. The number of alkyl halides is 3. The highest BCUT2D eigenvalue weighted by Crippen LogP contribution is 2.47. The molecule has 2 aromatic carbocycles. The molecule has 0 aromatic heterocycles. The first-order chi connectivity index (χ1) is 14.8. The van der Waals surface area contributed by atoms with Gasteiger partial charge in [-0.15, -0.1) is 13.2 Å². The van der Waals surface area contributed by atoms with Crippen LogP contribution in [0.3, 0.4) is 0 Å². The molecule has 0 spiro atoms. The summed E-state index contributed by atoms with van der Waals surface area (Å²) >= 11 is 0. The van der Waals surface area contributed by atoms with Gasteiger partial charge in [-0.25, -0.2) is 0 Å². The van der Waals surface area contributed by atoms with Crippen molar-refractivity contribution < 1.29 is 28.1 Å². The summed E-state index contributed by atoms with van der Waals surface area (Å²) in [6, 6.07) is 7.67. The highest BCUT2D eigenvalue weighted by atomic mass is 19.4. The first-order valence-corrected chi connectivity index (χ1v) is 10.4. The van der Waals surface area contributed by atoms with Gasteiger partial charge in [-0.1, -0.05) is 32.4 Å². The van der Waals surface area contributed by atoms with Crippen LogP contribution in [0.5, 0.6) is 5.75 Å². The van der Waals surface area contributed by atoms with E-state index in [4.69, 9.17) is 0 Å². The molecule has 3 N–H and O–H groups in total. The summed E-state index contributed by atoms with van der Waals surface area (Å²) < 4.78 is 41.5. The van der Waals surface area contributed by atoms with Crippen molar-refractivity contribution in [1.29, 1.82) is 0 Å². The maximum Gasteiger partial charge on any atom is 0.573 e. The molecule has 0 amide bonds. The van der Waals surface area contributed by atoms with Gasteiger partial charge >= 0.3 is 6.36 Å². The molecule has 0 aliphatic carbocycles. The Labute approximate surface area is 179 Å². The van der Waals surface area contributed by atoms with Crippen molar-refractivity contribution in [3.8, 4) is 16.9 Å². The summed E-state index contributed by atoms with van der Waals surface area (Å²) in [6.07, 6.45) is -1.44. The van der Waals surface area contributed by atoms with E-state index in [0.717, 1.165) is 30.4 Å². The first-order valence-electron chi connectivity index (χ1n) is 10.4. The van der Waals surface area contributed by atoms with Crippen LogP contribution in [-0.2, 0) is 0 Å². The van der Waals surface area contributed by atoms with E-state index in [1.165, 1.54) is 12.1 Å². The Morgan fingerprint density at radius 3 is 2.48 bits per heavy atom. The predicted octanol–water partition coefficient (Wildman–Crippen LogP) is 5.70. The van der Waals surface area contributed by atoms with Crippen molar-refractivity contribution >= 4 is 17.6 Å². The molecule has 2 atom stereocenters. The zero-order chi connectivity index (χ0) is 22.6. The lowest BCUT2D eigenvalue weighted by atomic mass is 9.83. The van der Waals surface area contributed by atoms with Gasteiger partial charge < -0.3 is 20.3 Å². The highest BCUT2D eigenvalue weighted by molar-refractivity contribution is 5.94. The van der Waals surface area contributed by atoms with E-state index in [2.05, 4.69) is 28.9 Å². The minimum atomic E-state index is -4.75. The fourth-order valence-corrected chi connectivity index (χ4v) is 4.07. The van der Waals surface area contributed by atoms with Gasteiger partial charge in [0.15, 0.2) is 0 Å². The fraction of sp³-hybridized carbons (Fsp3) is 0.435. The van der Waals surface area contributed by atoms with Crippen LogP contribution < -0.4 is 10.1 Å². The lowest BCUT2D eigenvalue weighted by molar-refractivity contribution is -0.274. The van der Waals surface area contributed by atoms with Crippen molar-refractivity contribution in [2.45, 2.75) is 51.5 Å². The lowest BCUT2D eigenvalue weighted by Crippen LogP contribution is -2.17. The number of nitrogens with one attached hydrogen (secondary N) is 1. The number of ether oxygens (including phenoxy) is 1. The van der Waals surface area contributed by atoms with Crippen LogP contribution in [0.2, 0.25) is 0 Å². The summed E-state index contributed by atoms with van der Waals surface area (Å²) in [5.74, 6) is -0.142. The number of aliphatic hydroxyl groups excluding tert-OH is 2. The Hall–Kier alpha value is -2.58. The Morgan fingerprint density at radius 2 is 1.90 bits per heavy atom. The molecule has 168 valence electrons. The molecule has 1 aliphatic heterocycles. The van der Waals surface area contributed by atoms with E-state index >= 15 is 0 Å². The number of benzene rings is 2. The van der Waals surface area contributed by atoms with Crippen LogP contribution in [0.1, 0.15) is 56.3 Å². The molecule has 0 saturated carbocycles. The molecule has 31 heavy (non-hydrogen) atoms. The third kappa shape index (κ3) is 5.19. The molecular weight excluding hydrogens is 409 g/mol. The Kier molecular flexibility index (Phi) is 7.23. The molecule has 1 aliphatic rings. The van der Waals surface area contributed by atoms with E-state index in [1.807, 2.05) is 6.07 Å². The maximum absolute atomic E-state index is 12.5. The van der Waals surface area contributed by atoms with Gasteiger partial charge in [0.2, 0.25) is 0 Å². The largest absolute Gasteiger partial charge is 0.573 e. The van der Waals surface area contributed by atoms with Gasteiger partial charge in [0.1, 0.15) is 11.9 Å². The zero-order valence-corrected chi connectivity index (χ0v) is 17.5. The number of hydrogen-bond acceptors (Lipinski definition) is 5. The van der Waals surface area contributed by atoms with Crippen LogP contribution in [0.25, 0.3) is 11.1 Å². The Balaban J connectivity index is 2.18. The maximum atomic E-state index is 12.5. The Morgan fingerprint density at radius 1 is 1.19 bits per heavy atom. The SMILES string of the molecule is CCCC(CC)c1cc(-c2ccc(OC(F)(F)F)cc2)c2c(c1C(O)CO)N=CCN2. The quantitative estimate of drug-likeness (QED) is 0.496. The summed E-state index contributed by atoms with van der Waals surface area (Å²) in [4.78, 5) is 4.52. The van der Waals surface area contributed by atoms with Gasteiger partial charge in [-0.3, -0.25) is 4.99 Å². The predicted molar refractivity (Wildman–Crippen MR) is 115 cm³/mol. The standard InChI is InChI=1S/C23H27F3N2O3/c1-3-5-14(4-2)17-12-18(15-6-8-16(9-7-15)31-23(24,25)26)21-22(28-11-10-27-21)20(17)19(30)13-29/h6-9,11-12,14,19,27,29-30H,3-5,10,13H2,1-2H3. The van der Waals surface area contributed by atoms with E-state index in [-0.39, 0.29) is 11.7 Å². The topological polar surface area (TPSA) is 74.1 Å². The van der Waals surface area contributed by atoms with Crippen LogP contribution in [0.15, 0.2) is 35.3 Å². The number of anilines is 1. The van der Waals surface area contributed by atoms with E-state index in [0.29, 0.717) is 29.0 Å². The normalized spacial score (nSPS) is 15.2. The smallest absolute Gasteiger partial charge is 0.406 e. The number of fused-ring (bicyclic) bond motifs is 1. The lowest BCUT2D eigenvalue weighted by Gasteiger charge is -2.28. The molecule has 2 unspecified atom stereocenters. The van der Waals surface area contributed by atoms with Gasteiger partial charge in [0, 0.05) is 17.3 Å². The molecule has 8 heteroatoms. The molecule has 2 aromatic rings. The third-order valence-corrected chi connectivity index (χ3v) is 5.44. The third-order valence-electron chi connectivity index (χ3n) is 5.44. The van der Waals surface area contributed by atoms with Crippen molar-refractivity contribution in [2.24, 2.45) is 4.99 Å². The summed E-state index contributed by atoms with van der Waals surface area (Å²) in [6.45, 7) is 4.21. The molecule has 0 radical (unpaired) electrons. The summed E-state index contributed by atoms with van der Waals surface area (Å²) in [7, 11) is 0. The van der Waals surface area contributed by atoms with E-state index in [1.54, 1.807) is 18.3 Å². The molecule has 0 bridgehead atoms. The van der Waals surface area contributed by atoms with Crippen LogP contribution in [0, 0.1) is 0 Å². The number of hydrogen-bond donors (Lipinski definition) is 3. The minimum Gasteiger partial charge on any atom is -0.406 e. The number of nitrogens with zero attached hydrogens (tertiary/aromatic N) is 1. The molecule has 0 fully saturated rings. The molecule has 1 heterocycles. The van der Waals surface area contributed by atoms with Crippen molar-refractivity contribution in [1.82, 2.24) is 0 Å². The number of rotatable bonds is 8. The molecular formula is C23H27F3N2O3. The second-order valence-electron chi connectivity index (χ2n) is 7.51. The van der Waals surface area contributed by atoms with Gasteiger partial charge in [-0.2, -0.15) is 0 Å². The van der Waals surface area contributed by atoms with Crippen molar-refractivity contribution in [3.63, 3.8) is 0 Å². The van der Waals surface area contributed by atoms with Crippen molar-refractivity contribution in [2.75, 3.05) is 18.5 Å². The van der Waals surface area contributed by atoms with Gasteiger partial charge in [0.25, 0.3) is 0 Å².